The SMILES string of the molecule is CC(=O)NCc1ccc(-c2csc(NC(=O)c3cnn(Cc4ccccc4Cl)c3)n2)s1. The van der Waals surface area contributed by atoms with Crippen LogP contribution in [-0.4, -0.2) is 26.6 Å². The minimum atomic E-state index is -0.274. The van der Waals surface area contributed by atoms with Crippen LogP contribution in [0.2, 0.25) is 5.02 Å². The number of thiazole rings is 1. The van der Waals surface area contributed by atoms with Gasteiger partial charge in [-0.3, -0.25) is 19.6 Å². The van der Waals surface area contributed by atoms with E-state index in [0.717, 1.165) is 21.0 Å². The van der Waals surface area contributed by atoms with Crippen LogP contribution >= 0.6 is 34.3 Å². The van der Waals surface area contributed by atoms with E-state index in [2.05, 4.69) is 20.7 Å². The van der Waals surface area contributed by atoms with Gasteiger partial charge in [0.2, 0.25) is 5.91 Å². The zero-order valence-corrected chi connectivity index (χ0v) is 18.9. The first-order valence-corrected chi connectivity index (χ1v) is 11.4. The fourth-order valence-corrected chi connectivity index (χ4v) is 4.69. The molecular weight excluding hydrogens is 454 g/mol. The second kappa shape index (κ2) is 9.42. The van der Waals surface area contributed by atoms with E-state index in [1.54, 1.807) is 22.2 Å². The third-order valence-corrected chi connectivity index (χ3v) is 6.57. The molecule has 2 N–H and O–H groups in total. The van der Waals surface area contributed by atoms with Crippen molar-refractivity contribution in [2.24, 2.45) is 0 Å². The summed E-state index contributed by atoms with van der Waals surface area (Å²) in [6.07, 6.45) is 3.20. The molecule has 0 unspecified atom stereocenters. The Morgan fingerprint density at radius 1 is 1.19 bits per heavy atom. The maximum absolute atomic E-state index is 12.6. The largest absolute Gasteiger partial charge is 0.351 e. The number of nitrogens with zero attached hydrogens (tertiary/aromatic N) is 3. The summed E-state index contributed by atoms with van der Waals surface area (Å²) in [4.78, 5) is 30.2. The first kappa shape index (κ1) is 21.2. The molecule has 0 aliphatic heterocycles. The molecule has 0 aliphatic rings. The molecule has 0 saturated heterocycles. The molecule has 0 spiro atoms. The van der Waals surface area contributed by atoms with Crippen molar-refractivity contribution in [2.75, 3.05) is 5.32 Å². The standard InChI is InChI=1S/C21H18ClN5O2S2/c1-13(28)23-9-16-6-7-19(31-16)18-12-30-21(25-18)26-20(29)15-8-24-27(11-15)10-14-4-2-3-5-17(14)22/h2-8,11-12H,9-10H2,1H3,(H,23,28)(H,25,26,29). The molecule has 1 aromatic carbocycles. The third kappa shape index (κ3) is 5.38. The topological polar surface area (TPSA) is 88.9 Å². The van der Waals surface area contributed by atoms with Crippen molar-refractivity contribution in [1.82, 2.24) is 20.1 Å². The highest BCUT2D eigenvalue weighted by Gasteiger charge is 2.13. The van der Waals surface area contributed by atoms with Crippen LogP contribution in [0, 0.1) is 0 Å². The van der Waals surface area contributed by atoms with E-state index in [1.807, 2.05) is 41.8 Å². The number of amides is 2. The molecular formula is C21H18ClN5O2S2. The van der Waals surface area contributed by atoms with Crippen molar-refractivity contribution in [2.45, 2.75) is 20.0 Å². The number of hydrogen-bond donors (Lipinski definition) is 2. The monoisotopic (exact) mass is 471 g/mol. The van der Waals surface area contributed by atoms with E-state index in [-0.39, 0.29) is 11.8 Å². The molecule has 0 saturated carbocycles. The van der Waals surface area contributed by atoms with Crippen molar-refractivity contribution >= 4 is 51.2 Å². The number of carbonyl (C=O) groups is 2. The lowest BCUT2D eigenvalue weighted by Gasteiger charge is -2.03. The van der Waals surface area contributed by atoms with E-state index in [9.17, 15) is 9.59 Å². The van der Waals surface area contributed by atoms with Crippen LogP contribution in [-0.2, 0) is 17.9 Å². The molecule has 0 atom stereocenters. The number of benzene rings is 1. The third-order valence-electron chi connectivity index (χ3n) is 4.34. The molecule has 2 amide bonds. The average Bonchev–Trinajstić information content (AvgIpc) is 3.49. The number of aromatic nitrogens is 3. The summed E-state index contributed by atoms with van der Waals surface area (Å²) in [6, 6.07) is 11.4. The fourth-order valence-electron chi connectivity index (χ4n) is 2.80. The first-order valence-electron chi connectivity index (χ1n) is 9.34. The molecule has 0 bridgehead atoms. The summed E-state index contributed by atoms with van der Waals surface area (Å²) in [6.45, 7) is 2.46. The summed E-state index contributed by atoms with van der Waals surface area (Å²) >= 11 is 9.10. The Bertz CT molecular complexity index is 1230. The lowest BCUT2D eigenvalue weighted by atomic mass is 10.2. The summed E-state index contributed by atoms with van der Waals surface area (Å²) in [5.74, 6) is -0.340. The Balaban J connectivity index is 1.39. The highest BCUT2D eigenvalue weighted by atomic mass is 35.5. The molecule has 31 heavy (non-hydrogen) atoms. The number of halogens is 1. The lowest BCUT2D eigenvalue weighted by Crippen LogP contribution is -2.17. The summed E-state index contributed by atoms with van der Waals surface area (Å²) in [5.41, 5.74) is 2.16. The molecule has 10 heteroatoms. The Hall–Kier alpha value is -3.01. The summed E-state index contributed by atoms with van der Waals surface area (Å²) in [5, 5.41) is 12.9. The average molecular weight is 472 g/mol. The molecule has 0 fully saturated rings. The van der Waals surface area contributed by atoms with Gasteiger partial charge in [-0.1, -0.05) is 29.8 Å². The van der Waals surface area contributed by atoms with Gasteiger partial charge in [0.25, 0.3) is 5.91 Å². The smallest absolute Gasteiger partial charge is 0.260 e. The molecule has 3 aromatic heterocycles. The Morgan fingerprint density at radius 3 is 2.84 bits per heavy atom. The van der Waals surface area contributed by atoms with Gasteiger partial charge >= 0.3 is 0 Å². The number of hydrogen-bond acceptors (Lipinski definition) is 6. The maximum atomic E-state index is 12.6. The normalized spacial score (nSPS) is 10.8. The van der Waals surface area contributed by atoms with Gasteiger partial charge in [-0.25, -0.2) is 4.98 Å². The molecule has 0 aliphatic carbocycles. The molecule has 158 valence electrons. The predicted molar refractivity (Wildman–Crippen MR) is 124 cm³/mol. The summed E-state index contributed by atoms with van der Waals surface area (Å²) < 4.78 is 1.67. The van der Waals surface area contributed by atoms with Crippen molar-refractivity contribution in [3.05, 3.63) is 75.2 Å². The molecule has 7 nitrogen and oxygen atoms in total. The Labute approximate surface area is 191 Å². The van der Waals surface area contributed by atoms with Crippen LogP contribution in [0.1, 0.15) is 27.7 Å². The van der Waals surface area contributed by atoms with Gasteiger partial charge in [0, 0.05) is 28.4 Å². The van der Waals surface area contributed by atoms with Gasteiger partial charge in [0.05, 0.1) is 35.4 Å². The van der Waals surface area contributed by atoms with Gasteiger partial charge in [0.1, 0.15) is 0 Å². The van der Waals surface area contributed by atoms with Crippen molar-refractivity contribution < 1.29 is 9.59 Å². The zero-order chi connectivity index (χ0) is 21.8. The Morgan fingerprint density at radius 2 is 2.03 bits per heavy atom. The van der Waals surface area contributed by atoms with Crippen molar-refractivity contribution in [3.63, 3.8) is 0 Å². The molecule has 4 rings (SSSR count). The van der Waals surface area contributed by atoms with E-state index >= 15 is 0 Å². The number of rotatable bonds is 7. The molecule has 4 aromatic rings. The van der Waals surface area contributed by atoms with Crippen LogP contribution in [0.4, 0.5) is 5.13 Å². The van der Waals surface area contributed by atoms with Crippen LogP contribution in [0.15, 0.2) is 54.2 Å². The summed E-state index contributed by atoms with van der Waals surface area (Å²) in [7, 11) is 0. The fraction of sp³-hybridized carbons (Fsp3) is 0.143. The zero-order valence-electron chi connectivity index (χ0n) is 16.5. The van der Waals surface area contributed by atoms with Gasteiger partial charge in [-0.15, -0.1) is 22.7 Å². The van der Waals surface area contributed by atoms with Crippen LogP contribution in [0.3, 0.4) is 0 Å². The van der Waals surface area contributed by atoms with Crippen molar-refractivity contribution in [1.29, 1.82) is 0 Å². The van der Waals surface area contributed by atoms with Crippen LogP contribution in [0.5, 0.6) is 0 Å². The maximum Gasteiger partial charge on any atom is 0.260 e. The predicted octanol–water partition coefficient (Wildman–Crippen LogP) is 4.66. The molecule has 3 heterocycles. The van der Waals surface area contributed by atoms with Crippen molar-refractivity contribution in [3.8, 4) is 10.6 Å². The lowest BCUT2D eigenvalue weighted by molar-refractivity contribution is -0.119. The first-order chi connectivity index (χ1) is 15.0. The van der Waals surface area contributed by atoms with Gasteiger partial charge in [-0.2, -0.15) is 5.10 Å². The molecule has 0 radical (unpaired) electrons. The quantitative estimate of drug-likeness (QED) is 0.410. The Kier molecular flexibility index (Phi) is 6.45. The minimum Gasteiger partial charge on any atom is -0.351 e. The second-order valence-electron chi connectivity index (χ2n) is 6.69. The highest BCUT2D eigenvalue weighted by molar-refractivity contribution is 7.17. The van der Waals surface area contributed by atoms with E-state index in [1.165, 1.54) is 24.5 Å². The van der Waals surface area contributed by atoms with Gasteiger partial charge in [-0.05, 0) is 23.8 Å². The van der Waals surface area contributed by atoms with Gasteiger partial charge in [0.15, 0.2) is 5.13 Å². The van der Waals surface area contributed by atoms with Crippen LogP contribution < -0.4 is 10.6 Å². The number of carbonyl (C=O) groups excluding carboxylic acids is 2. The number of nitrogens with one attached hydrogen (secondary N) is 2. The van der Waals surface area contributed by atoms with E-state index in [4.69, 9.17) is 11.6 Å². The highest BCUT2D eigenvalue weighted by Crippen LogP contribution is 2.31. The van der Waals surface area contributed by atoms with E-state index < -0.39 is 0 Å². The van der Waals surface area contributed by atoms with Gasteiger partial charge < -0.3 is 5.32 Å². The van der Waals surface area contributed by atoms with E-state index in [0.29, 0.717) is 28.8 Å². The number of thiophene rings is 1. The number of anilines is 1. The second-order valence-corrected chi connectivity index (χ2v) is 9.12. The minimum absolute atomic E-state index is 0.0659. The van der Waals surface area contributed by atoms with Crippen LogP contribution in [0.25, 0.3) is 10.6 Å².